The van der Waals surface area contributed by atoms with Crippen molar-refractivity contribution in [1.82, 2.24) is 9.55 Å². The molecule has 1 aromatic heterocycles. The first-order valence-electron chi connectivity index (χ1n) is 8.69. The Balaban J connectivity index is 1.57. The predicted octanol–water partition coefficient (Wildman–Crippen LogP) is 3.45. The second kappa shape index (κ2) is 6.01. The summed E-state index contributed by atoms with van der Waals surface area (Å²) in [5, 5.41) is 2.95. The Morgan fingerprint density at radius 3 is 2.48 bits per heavy atom. The molecule has 2 aromatic carbocycles. The van der Waals surface area contributed by atoms with Crippen LogP contribution in [0.5, 0.6) is 0 Å². The van der Waals surface area contributed by atoms with Crippen molar-refractivity contribution in [3.63, 3.8) is 0 Å². The fourth-order valence-corrected chi connectivity index (χ4v) is 3.59. The number of fused-ring (bicyclic) bond motifs is 1. The van der Waals surface area contributed by atoms with Crippen LogP contribution < -0.4 is 11.1 Å². The van der Waals surface area contributed by atoms with Crippen molar-refractivity contribution in [3.8, 4) is 11.4 Å². The molecule has 0 spiro atoms. The van der Waals surface area contributed by atoms with Gasteiger partial charge in [0.1, 0.15) is 5.82 Å². The molecule has 5 heteroatoms. The lowest BCUT2D eigenvalue weighted by Crippen LogP contribution is -2.48. The molecule has 128 valence electrons. The van der Waals surface area contributed by atoms with Gasteiger partial charge in [0.25, 0.3) is 0 Å². The van der Waals surface area contributed by atoms with Crippen LogP contribution in [0.25, 0.3) is 22.4 Å². The lowest BCUT2D eigenvalue weighted by molar-refractivity contribution is -0.121. The second-order valence-corrected chi connectivity index (χ2v) is 6.88. The molecule has 1 fully saturated rings. The summed E-state index contributed by atoms with van der Waals surface area (Å²) in [6, 6.07) is 15.8. The maximum atomic E-state index is 12.4. The number of anilines is 1. The molecule has 0 unspecified atom stereocenters. The number of benzene rings is 2. The number of imidazole rings is 1. The van der Waals surface area contributed by atoms with Crippen LogP contribution in [0.3, 0.4) is 0 Å². The number of amides is 1. The number of carbonyl (C=O) groups excluding carboxylic acids is 1. The molecule has 1 heterocycles. The molecular formula is C20H22N4O. The third-order valence-corrected chi connectivity index (χ3v) is 5.14. The minimum Gasteiger partial charge on any atom is -0.327 e. The summed E-state index contributed by atoms with van der Waals surface area (Å²) in [5.41, 5.74) is 9.35. The SMILES string of the molecule is Cn1c(-c2ccc(NC(=O)C3(N)CCCC3)cc2)nc2ccccc21. The summed E-state index contributed by atoms with van der Waals surface area (Å²) in [7, 11) is 2.01. The van der Waals surface area contributed by atoms with E-state index in [9.17, 15) is 4.79 Å². The first kappa shape index (κ1) is 15.8. The van der Waals surface area contributed by atoms with Gasteiger partial charge in [0.2, 0.25) is 5.91 Å². The van der Waals surface area contributed by atoms with Crippen molar-refractivity contribution in [2.45, 2.75) is 31.2 Å². The van der Waals surface area contributed by atoms with Crippen LogP contribution in [0.2, 0.25) is 0 Å². The summed E-state index contributed by atoms with van der Waals surface area (Å²) < 4.78 is 2.08. The molecular weight excluding hydrogens is 312 g/mol. The molecule has 0 bridgehead atoms. The number of nitrogens with one attached hydrogen (secondary N) is 1. The fourth-order valence-electron chi connectivity index (χ4n) is 3.59. The molecule has 0 atom stereocenters. The lowest BCUT2D eigenvalue weighted by atomic mass is 9.98. The van der Waals surface area contributed by atoms with E-state index >= 15 is 0 Å². The summed E-state index contributed by atoms with van der Waals surface area (Å²) in [5.74, 6) is 0.825. The highest BCUT2D eigenvalue weighted by molar-refractivity contribution is 5.98. The topological polar surface area (TPSA) is 72.9 Å². The molecule has 1 aliphatic rings. The van der Waals surface area contributed by atoms with Crippen molar-refractivity contribution in [2.75, 3.05) is 5.32 Å². The molecule has 3 N–H and O–H groups in total. The molecule has 0 radical (unpaired) electrons. The van der Waals surface area contributed by atoms with Crippen molar-refractivity contribution >= 4 is 22.6 Å². The standard InChI is InChI=1S/C20H22N4O/c1-24-17-7-3-2-6-16(17)23-18(24)14-8-10-15(11-9-14)22-19(25)20(21)12-4-5-13-20/h2-3,6-11H,4-5,12-13,21H2,1H3,(H,22,25). The highest BCUT2D eigenvalue weighted by atomic mass is 16.2. The first-order valence-corrected chi connectivity index (χ1v) is 8.69. The number of nitrogens with two attached hydrogens (primary N) is 1. The van der Waals surface area contributed by atoms with Crippen molar-refractivity contribution in [2.24, 2.45) is 12.8 Å². The summed E-state index contributed by atoms with van der Waals surface area (Å²) >= 11 is 0. The average molecular weight is 334 g/mol. The van der Waals surface area contributed by atoms with E-state index < -0.39 is 5.54 Å². The monoisotopic (exact) mass is 334 g/mol. The van der Waals surface area contributed by atoms with Gasteiger partial charge in [0.05, 0.1) is 16.6 Å². The molecule has 0 aliphatic heterocycles. The van der Waals surface area contributed by atoms with Crippen molar-refractivity contribution < 1.29 is 4.79 Å². The van der Waals surface area contributed by atoms with E-state index in [1.54, 1.807) is 0 Å². The number of nitrogens with zero attached hydrogens (tertiary/aromatic N) is 2. The molecule has 1 aliphatic carbocycles. The van der Waals surface area contributed by atoms with E-state index in [4.69, 9.17) is 10.7 Å². The highest BCUT2D eigenvalue weighted by Gasteiger charge is 2.36. The van der Waals surface area contributed by atoms with Gasteiger partial charge in [0.15, 0.2) is 0 Å². The van der Waals surface area contributed by atoms with Gasteiger partial charge < -0.3 is 15.6 Å². The Labute approximate surface area is 146 Å². The van der Waals surface area contributed by atoms with Gasteiger partial charge in [-0.2, -0.15) is 0 Å². The van der Waals surface area contributed by atoms with Crippen molar-refractivity contribution in [1.29, 1.82) is 0 Å². The van der Waals surface area contributed by atoms with Crippen LogP contribution in [0.1, 0.15) is 25.7 Å². The smallest absolute Gasteiger partial charge is 0.244 e. The largest absolute Gasteiger partial charge is 0.327 e. The molecule has 25 heavy (non-hydrogen) atoms. The molecule has 1 saturated carbocycles. The molecule has 0 saturated heterocycles. The van der Waals surface area contributed by atoms with Crippen LogP contribution in [0.15, 0.2) is 48.5 Å². The number of aromatic nitrogens is 2. The number of carbonyl (C=O) groups is 1. The van der Waals surface area contributed by atoms with Crippen LogP contribution in [0.4, 0.5) is 5.69 Å². The van der Waals surface area contributed by atoms with Gasteiger partial charge in [-0.15, -0.1) is 0 Å². The third-order valence-electron chi connectivity index (χ3n) is 5.14. The van der Waals surface area contributed by atoms with Gasteiger partial charge in [-0.1, -0.05) is 25.0 Å². The molecule has 1 amide bonds. The predicted molar refractivity (Wildman–Crippen MR) is 100 cm³/mol. The van der Waals surface area contributed by atoms with Crippen LogP contribution in [-0.4, -0.2) is 21.0 Å². The summed E-state index contributed by atoms with van der Waals surface area (Å²) in [6.07, 6.45) is 3.57. The Hall–Kier alpha value is -2.66. The van der Waals surface area contributed by atoms with Gasteiger partial charge in [-0.05, 0) is 49.2 Å². The maximum absolute atomic E-state index is 12.4. The lowest BCUT2D eigenvalue weighted by Gasteiger charge is -2.22. The second-order valence-electron chi connectivity index (χ2n) is 6.88. The van der Waals surface area contributed by atoms with E-state index in [2.05, 4.69) is 16.0 Å². The van der Waals surface area contributed by atoms with Crippen molar-refractivity contribution in [3.05, 3.63) is 48.5 Å². The first-order chi connectivity index (χ1) is 12.1. The van der Waals surface area contributed by atoms with Gasteiger partial charge in [0, 0.05) is 18.3 Å². The maximum Gasteiger partial charge on any atom is 0.244 e. The van der Waals surface area contributed by atoms with E-state index in [0.29, 0.717) is 0 Å². The number of hydrogen-bond acceptors (Lipinski definition) is 3. The fraction of sp³-hybridized carbons (Fsp3) is 0.300. The minimum absolute atomic E-state index is 0.0829. The summed E-state index contributed by atoms with van der Waals surface area (Å²) in [4.78, 5) is 17.1. The van der Waals surface area contributed by atoms with Gasteiger partial charge in [-0.3, -0.25) is 4.79 Å². The van der Waals surface area contributed by atoms with Crippen LogP contribution in [-0.2, 0) is 11.8 Å². The quantitative estimate of drug-likeness (QED) is 0.770. The highest BCUT2D eigenvalue weighted by Crippen LogP contribution is 2.29. The van der Waals surface area contributed by atoms with Crippen LogP contribution in [0, 0.1) is 0 Å². The van der Waals surface area contributed by atoms with Gasteiger partial charge in [-0.25, -0.2) is 4.98 Å². The summed E-state index contributed by atoms with van der Waals surface area (Å²) in [6.45, 7) is 0. The zero-order valence-electron chi connectivity index (χ0n) is 14.3. The van der Waals surface area contributed by atoms with E-state index in [1.807, 2.05) is 49.5 Å². The Morgan fingerprint density at radius 1 is 1.12 bits per heavy atom. The average Bonchev–Trinajstić information content (AvgIpc) is 3.21. The molecule has 5 nitrogen and oxygen atoms in total. The molecule has 3 aromatic rings. The Kier molecular flexibility index (Phi) is 3.81. The number of hydrogen-bond donors (Lipinski definition) is 2. The Morgan fingerprint density at radius 2 is 1.80 bits per heavy atom. The van der Waals surface area contributed by atoms with E-state index in [0.717, 1.165) is 53.8 Å². The minimum atomic E-state index is -0.712. The number of para-hydroxylation sites is 2. The Bertz CT molecular complexity index is 921. The third kappa shape index (κ3) is 2.81. The molecule has 4 rings (SSSR count). The number of rotatable bonds is 3. The van der Waals surface area contributed by atoms with Gasteiger partial charge >= 0.3 is 0 Å². The number of aryl methyl sites for hydroxylation is 1. The van der Waals surface area contributed by atoms with E-state index in [-0.39, 0.29) is 5.91 Å². The normalized spacial score (nSPS) is 16.2. The van der Waals surface area contributed by atoms with E-state index in [1.165, 1.54) is 0 Å². The zero-order chi connectivity index (χ0) is 17.4. The zero-order valence-corrected chi connectivity index (χ0v) is 14.3. The van der Waals surface area contributed by atoms with Crippen LogP contribution >= 0.6 is 0 Å².